The summed E-state index contributed by atoms with van der Waals surface area (Å²) < 4.78 is 0. The van der Waals surface area contributed by atoms with Crippen molar-refractivity contribution in [1.82, 2.24) is 0 Å². The Balaban J connectivity index is 1.32. The summed E-state index contributed by atoms with van der Waals surface area (Å²) in [6.07, 6.45) is 0. The molecule has 1 aliphatic rings. The summed E-state index contributed by atoms with van der Waals surface area (Å²) in [6, 6.07) is 63.4. The molecule has 0 nitrogen and oxygen atoms in total. The molecule has 0 radical (unpaired) electrons. The molecule has 256 valence electrons. The van der Waals surface area contributed by atoms with Crippen LogP contribution in [-0.2, 0) is 0 Å². The number of fused-ring (bicyclic) bond motifs is 4. The molecule has 0 N–H and O–H groups in total. The molecule has 0 fully saturated rings. The Labute approximate surface area is 318 Å². The van der Waals surface area contributed by atoms with Crippen molar-refractivity contribution in [2.45, 2.75) is 27.7 Å². The van der Waals surface area contributed by atoms with Crippen molar-refractivity contribution in [3.8, 4) is 77.9 Å². The summed E-state index contributed by atoms with van der Waals surface area (Å²) in [5.74, 6) is 0. The molecular weight excluding hydrogens is 649 g/mol. The van der Waals surface area contributed by atoms with E-state index in [-0.39, 0.29) is 0 Å². The van der Waals surface area contributed by atoms with Crippen LogP contribution in [0.15, 0.2) is 170 Å². The molecule has 0 spiro atoms. The van der Waals surface area contributed by atoms with Crippen LogP contribution in [0.5, 0.6) is 0 Å². The fourth-order valence-corrected chi connectivity index (χ4v) is 9.00. The molecular formula is C54H40. The molecule has 0 atom stereocenters. The lowest BCUT2D eigenvalue weighted by molar-refractivity contribution is 1.39. The van der Waals surface area contributed by atoms with E-state index in [0.29, 0.717) is 0 Å². The quantitative estimate of drug-likeness (QED) is 0.169. The molecule has 0 bridgehead atoms. The minimum Gasteiger partial charge on any atom is -0.0622 e. The Hall–Kier alpha value is -6.50. The van der Waals surface area contributed by atoms with Crippen LogP contribution in [0.25, 0.3) is 99.4 Å². The third-order valence-corrected chi connectivity index (χ3v) is 11.6. The molecule has 0 heterocycles. The van der Waals surface area contributed by atoms with Gasteiger partial charge >= 0.3 is 0 Å². The van der Waals surface area contributed by atoms with E-state index in [4.69, 9.17) is 0 Å². The zero-order chi connectivity index (χ0) is 36.5. The Bertz CT molecular complexity index is 2780. The number of aryl methyl sites for hydroxylation is 4. The summed E-state index contributed by atoms with van der Waals surface area (Å²) in [7, 11) is 0. The largest absolute Gasteiger partial charge is 0.0622 e. The van der Waals surface area contributed by atoms with Crippen LogP contribution in [0, 0.1) is 27.7 Å². The van der Waals surface area contributed by atoms with Crippen LogP contribution in [0.2, 0.25) is 0 Å². The Kier molecular flexibility index (Phi) is 7.49. The smallest absolute Gasteiger partial charge is 0.000730 e. The molecule has 0 aromatic heterocycles. The second-order valence-corrected chi connectivity index (χ2v) is 15.1. The van der Waals surface area contributed by atoms with Gasteiger partial charge in [-0.2, -0.15) is 0 Å². The van der Waals surface area contributed by atoms with Gasteiger partial charge in [0.25, 0.3) is 0 Å². The van der Waals surface area contributed by atoms with E-state index in [0.717, 1.165) is 0 Å². The zero-order valence-corrected chi connectivity index (χ0v) is 31.2. The minimum atomic E-state index is 1.22. The number of hydrogen-bond donors (Lipinski definition) is 0. The van der Waals surface area contributed by atoms with Crippen LogP contribution in [0.3, 0.4) is 0 Å². The third-order valence-electron chi connectivity index (χ3n) is 11.6. The van der Waals surface area contributed by atoms with E-state index < -0.39 is 0 Å². The second-order valence-electron chi connectivity index (χ2n) is 15.1. The van der Waals surface area contributed by atoms with E-state index in [1.54, 1.807) is 0 Å². The average Bonchev–Trinajstić information content (AvgIpc) is 3.54. The number of benzene rings is 9. The van der Waals surface area contributed by atoms with Gasteiger partial charge in [-0.25, -0.2) is 0 Å². The van der Waals surface area contributed by atoms with Gasteiger partial charge in [0.05, 0.1) is 0 Å². The fourth-order valence-electron chi connectivity index (χ4n) is 9.00. The van der Waals surface area contributed by atoms with Crippen molar-refractivity contribution >= 4 is 21.5 Å². The predicted octanol–water partition coefficient (Wildman–Crippen LogP) is 15.2. The van der Waals surface area contributed by atoms with Crippen LogP contribution >= 0.6 is 0 Å². The molecule has 0 saturated carbocycles. The molecule has 0 heteroatoms. The minimum absolute atomic E-state index is 1.22. The fraction of sp³-hybridized carbons (Fsp3) is 0.0741. The van der Waals surface area contributed by atoms with Crippen molar-refractivity contribution in [1.29, 1.82) is 0 Å². The SMILES string of the molecule is Cc1ccc(C)c(-c2c3c(c(-c4cc(C)ccc4C)c4ccccc24)-c2ccc(-c4cc(-c5ccccc5)cc(-c5ccccc5)c4)c4cccc-3c24)c1. The van der Waals surface area contributed by atoms with Gasteiger partial charge in [0.1, 0.15) is 0 Å². The van der Waals surface area contributed by atoms with E-state index in [1.807, 2.05) is 0 Å². The first-order valence-electron chi connectivity index (χ1n) is 19.0. The van der Waals surface area contributed by atoms with Crippen molar-refractivity contribution in [2.24, 2.45) is 0 Å². The van der Waals surface area contributed by atoms with Gasteiger partial charge in [0, 0.05) is 0 Å². The normalized spacial score (nSPS) is 11.7. The van der Waals surface area contributed by atoms with Crippen LogP contribution < -0.4 is 0 Å². The lowest BCUT2D eigenvalue weighted by atomic mass is 9.80. The van der Waals surface area contributed by atoms with Crippen molar-refractivity contribution in [3.63, 3.8) is 0 Å². The maximum absolute atomic E-state index is 2.42. The highest BCUT2D eigenvalue weighted by atomic mass is 14.3. The van der Waals surface area contributed by atoms with E-state index in [1.165, 1.54) is 122 Å². The first-order valence-corrected chi connectivity index (χ1v) is 19.0. The monoisotopic (exact) mass is 688 g/mol. The standard InChI is InChI=1S/C54H40/c1-33-22-24-35(3)48(28-33)51-44-18-11-12-19-45(44)52(49-29-34(2)23-25-36(49)4)54-47-27-26-42(43-20-13-21-46(50(43)47)53(51)54)41-31-39(37-14-7-5-8-15-37)30-40(32-41)38-16-9-6-10-17-38/h5-32H,1-4H3. The second kappa shape index (κ2) is 12.6. The van der Waals surface area contributed by atoms with Crippen LogP contribution in [0.4, 0.5) is 0 Å². The van der Waals surface area contributed by atoms with Crippen LogP contribution in [-0.4, -0.2) is 0 Å². The van der Waals surface area contributed by atoms with Gasteiger partial charge < -0.3 is 0 Å². The molecule has 0 amide bonds. The summed E-state index contributed by atoms with van der Waals surface area (Å²) in [4.78, 5) is 0. The summed E-state index contributed by atoms with van der Waals surface area (Å²) >= 11 is 0. The molecule has 0 aliphatic heterocycles. The highest BCUT2D eigenvalue weighted by Crippen LogP contribution is 2.59. The molecule has 9 aromatic carbocycles. The lowest BCUT2D eigenvalue weighted by Crippen LogP contribution is -1.96. The Morgan fingerprint density at radius 3 is 1.24 bits per heavy atom. The zero-order valence-electron chi connectivity index (χ0n) is 31.2. The van der Waals surface area contributed by atoms with E-state index in [9.17, 15) is 0 Å². The maximum atomic E-state index is 2.42. The van der Waals surface area contributed by atoms with E-state index in [2.05, 4.69) is 198 Å². The number of rotatable bonds is 5. The molecule has 10 rings (SSSR count). The van der Waals surface area contributed by atoms with Gasteiger partial charge in [0.2, 0.25) is 0 Å². The van der Waals surface area contributed by atoms with Crippen molar-refractivity contribution in [2.75, 3.05) is 0 Å². The average molecular weight is 689 g/mol. The third kappa shape index (κ3) is 5.06. The summed E-state index contributed by atoms with van der Waals surface area (Å²) in [5.41, 5.74) is 23.1. The van der Waals surface area contributed by atoms with Gasteiger partial charge in [0.15, 0.2) is 0 Å². The predicted molar refractivity (Wildman–Crippen MR) is 232 cm³/mol. The maximum Gasteiger partial charge on any atom is -0.000730 e. The molecule has 54 heavy (non-hydrogen) atoms. The van der Waals surface area contributed by atoms with Crippen LogP contribution in [0.1, 0.15) is 22.3 Å². The summed E-state index contributed by atoms with van der Waals surface area (Å²) in [6.45, 7) is 8.95. The van der Waals surface area contributed by atoms with Gasteiger partial charge in [-0.15, -0.1) is 0 Å². The van der Waals surface area contributed by atoms with Crippen molar-refractivity contribution < 1.29 is 0 Å². The molecule has 0 unspecified atom stereocenters. The van der Waals surface area contributed by atoms with Crippen molar-refractivity contribution in [3.05, 3.63) is 192 Å². The van der Waals surface area contributed by atoms with Gasteiger partial charge in [-0.05, 0) is 156 Å². The van der Waals surface area contributed by atoms with E-state index >= 15 is 0 Å². The molecule has 1 aliphatic carbocycles. The topological polar surface area (TPSA) is 0 Å². The van der Waals surface area contributed by atoms with Gasteiger partial charge in [-0.3, -0.25) is 0 Å². The first kappa shape index (κ1) is 32.2. The first-order chi connectivity index (χ1) is 26.4. The number of hydrogen-bond acceptors (Lipinski definition) is 0. The highest BCUT2D eigenvalue weighted by Gasteiger charge is 2.32. The molecule has 0 saturated heterocycles. The summed E-state index contributed by atoms with van der Waals surface area (Å²) in [5, 5.41) is 5.22. The Morgan fingerprint density at radius 2 is 0.704 bits per heavy atom. The highest BCUT2D eigenvalue weighted by molar-refractivity contribution is 6.29. The lowest BCUT2D eigenvalue weighted by Gasteiger charge is -2.22. The molecule has 9 aromatic rings. The Morgan fingerprint density at radius 1 is 0.259 bits per heavy atom. The van der Waals surface area contributed by atoms with Gasteiger partial charge in [-0.1, -0.05) is 163 Å².